The highest BCUT2D eigenvalue weighted by atomic mass is 16.3. The van der Waals surface area contributed by atoms with Gasteiger partial charge in [-0.25, -0.2) is 0 Å². The van der Waals surface area contributed by atoms with Crippen molar-refractivity contribution in [1.29, 1.82) is 0 Å². The van der Waals surface area contributed by atoms with Crippen LogP contribution in [0.3, 0.4) is 0 Å². The van der Waals surface area contributed by atoms with Gasteiger partial charge in [-0.2, -0.15) is 0 Å². The first-order valence-electron chi connectivity index (χ1n) is 19.2. The third-order valence-corrected chi connectivity index (χ3v) is 15.9. The lowest BCUT2D eigenvalue weighted by Gasteiger charge is -2.59. The zero-order valence-corrected chi connectivity index (χ0v) is 29.1. The fourth-order valence-electron chi connectivity index (χ4n) is 14.6. The van der Waals surface area contributed by atoms with Gasteiger partial charge in [0.25, 0.3) is 0 Å². The Morgan fingerprint density at radius 1 is 0.680 bits per heavy atom. The number of para-hydroxylation sites is 2. The van der Waals surface area contributed by atoms with Crippen molar-refractivity contribution >= 4 is 11.4 Å². The van der Waals surface area contributed by atoms with Crippen molar-refractivity contribution in [2.45, 2.75) is 60.7 Å². The normalized spacial score (nSPS) is 45.5. The molecular weight excluding hydrogens is 617 g/mol. The van der Waals surface area contributed by atoms with Crippen LogP contribution < -0.4 is 9.80 Å². The topological polar surface area (TPSA) is 46.9 Å². The molecule has 7 heterocycles. The molecular formula is C44H50N4O2+2. The summed E-state index contributed by atoms with van der Waals surface area (Å²) in [6.07, 6.45) is 18.6. The van der Waals surface area contributed by atoms with Gasteiger partial charge in [0, 0.05) is 61.3 Å². The lowest BCUT2D eigenvalue weighted by atomic mass is 9.56. The van der Waals surface area contributed by atoms with Gasteiger partial charge in [-0.05, 0) is 57.7 Å². The fourth-order valence-corrected chi connectivity index (χ4v) is 14.6. The molecule has 10 atom stereocenters. The Morgan fingerprint density at radius 2 is 1.12 bits per heavy atom. The molecule has 11 rings (SSSR count). The zero-order valence-electron chi connectivity index (χ0n) is 29.1. The molecule has 50 heavy (non-hydrogen) atoms. The lowest BCUT2D eigenvalue weighted by Crippen LogP contribution is -2.69. The number of aliphatic hydroxyl groups is 2. The van der Waals surface area contributed by atoms with E-state index >= 15 is 0 Å². The van der Waals surface area contributed by atoms with Crippen LogP contribution in [0.2, 0.25) is 0 Å². The van der Waals surface area contributed by atoms with Crippen molar-refractivity contribution in [1.82, 2.24) is 0 Å². The van der Waals surface area contributed by atoms with Crippen molar-refractivity contribution in [2.75, 3.05) is 62.3 Å². The third kappa shape index (κ3) is 3.24. The molecule has 2 aromatic rings. The van der Waals surface area contributed by atoms with E-state index in [-0.39, 0.29) is 36.1 Å². The Morgan fingerprint density at radius 3 is 1.54 bits per heavy atom. The van der Waals surface area contributed by atoms with Crippen LogP contribution in [-0.4, -0.2) is 95.8 Å². The van der Waals surface area contributed by atoms with E-state index in [0.29, 0.717) is 23.9 Å². The van der Waals surface area contributed by atoms with Crippen LogP contribution in [0.4, 0.5) is 11.4 Å². The summed E-state index contributed by atoms with van der Waals surface area (Å²) in [5, 5.41) is 20.9. The molecule has 4 bridgehead atoms. The molecule has 0 aromatic heterocycles. The molecule has 6 nitrogen and oxygen atoms in total. The second kappa shape index (κ2) is 10.0. The molecule has 2 spiro atoms. The van der Waals surface area contributed by atoms with Crippen molar-refractivity contribution < 1.29 is 19.2 Å². The molecule has 2 aliphatic carbocycles. The Balaban J connectivity index is 1.22. The Bertz CT molecular complexity index is 1850. The highest BCUT2D eigenvalue weighted by Crippen LogP contribution is 2.69. The highest BCUT2D eigenvalue weighted by Gasteiger charge is 2.75. The predicted molar refractivity (Wildman–Crippen MR) is 198 cm³/mol. The number of quaternary nitrogens is 2. The molecule has 6 heteroatoms. The summed E-state index contributed by atoms with van der Waals surface area (Å²) in [5.41, 5.74) is 11.8. The van der Waals surface area contributed by atoms with Crippen LogP contribution in [0.25, 0.3) is 0 Å². The smallest absolute Gasteiger partial charge is 0.103 e. The first-order chi connectivity index (χ1) is 24.5. The number of hydrogen-bond donors (Lipinski definition) is 2. The fraction of sp³-hybridized carbons (Fsp3) is 0.455. The van der Waals surface area contributed by atoms with Crippen molar-refractivity contribution in [3.63, 3.8) is 0 Å². The van der Waals surface area contributed by atoms with Crippen molar-refractivity contribution in [3.8, 4) is 0 Å². The number of fused-ring (bicyclic) bond motifs is 8. The minimum Gasteiger partial charge on any atom is -0.392 e. The Hall–Kier alpha value is -3.68. The number of piperidine rings is 2. The second-order valence-corrected chi connectivity index (χ2v) is 17.2. The second-order valence-electron chi connectivity index (χ2n) is 17.2. The maximum absolute atomic E-state index is 10.5. The van der Waals surface area contributed by atoms with E-state index < -0.39 is 0 Å². The van der Waals surface area contributed by atoms with Crippen LogP contribution in [0.1, 0.15) is 36.8 Å². The summed E-state index contributed by atoms with van der Waals surface area (Å²) < 4.78 is 2.12. The minimum atomic E-state index is 0.0183. The van der Waals surface area contributed by atoms with E-state index in [1.165, 1.54) is 33.6 Å². The minimum absolute atomic E-state index is 0.0183. The average molecular weight is 667 g/mol. The van der Waals surface area contributed by atoms with Gasteiger partial charge in [-0.15, -0.1) is 0 Å². The summed E-state index contributed by atoms with van der Waals surface area (Å²) in [4.78, 5) is 5.54. The van der Waals surface area contributed by atoms with E-state index in [2.05, 4.69) is 108 Å². The first-order valence-corrected chi connectivity index (χ1v) is 19.2. The quantitative estimate of drug-likeness (QED) is 0.317. The molecule has 0 radical (unpaired) electrons. The van der Waals surface area contributed by atoms with Crippen LogP contribution in [0, 0.1) is 11.8 Å². The summed E-state index contributed by atoms with van der Waals surface area (Å²) >= 11 is 0. The van der Waals surface area contributed by atoms with E-state index in [1.54, 1.807) is 11.1 Å². The predicted octanol–water partition coefficient (Wildman–Crippen LogP) is 5.48. The number of rotatable bonds is 6. The molecule has 4 saturated heterocycles. The van der Waals surface area contributed by atoms with Crippen molar-refractivity contribution in [3.05, 3.63) is 132 Å². The molecule has 2 unspecified atom stereocenters. The van der Waals surface area contributed by atoms with Gasteiger partial charge in [-0.1, -0.05) is 61.7 Å². The zero-order chi connectivity index (χ0) is 33.6. The van der Waals surface area contributed by atoms with E-state index in [1.807, 2.05) is 0 Å². The molecule has 2 N–H and O–H groups in total. The van der Waals surface area contributed by atoms with Gasteiger partial charge in [0.15, 0.2) is 0 Å². The number of anilines is 2. The average Bonchev–Trinajstić information content (AvgIpc) is 3.81. The van der Waals surface area contributed by atoms with Gasteiger partial charge < -0.3 is 29.0 Å². The maximum Gasteiger partial charge on any atom is 0.103 e. The van der Waals surface area contributed by atoms with Gasteiger partial charge >= 0.3 is 0 Å². The SMILES string of the molecule is C=CC[N@@+]12CC[C@]34c5ccccc5N5/C=C6\C7N(/C=C(\C53)[C@@H](C[C@@H]41)C(=CCO)C2)c1ccccc1[C@@]71CC[N@@+]2(CC=C)CC(=CCO)[C@@H]6C[C@@H]12. The molecule has 7 aliphatic heterocycles. The van der Waals surface area contributed by atoms with Crippen molar-refractivity contribution in [2.24, 2.45) is 11.8 Å². The monoisotopic (exact) mass is 666 g/mol. The van der Waals surface area contributed by atoms with E-state index in [9.17, 15) is 10.2 Å². The summed E-state index contributed by atoms with van der Waals surface area (Å²) in [5.74, 6) is 0.615. The van der Waals surface area contributed by atoms with Crippen LogP contribution in [-0.2, 0) is 10.8 Å². The lowest BCUT2D eigenvalue weighted by molar-refractivity contribution is -0.937. The number of benzene rings is 2. The van der Waals surface area contributed by atoms with Gasteiger partial charge in [0.05, 0.1) is 62.3 Å². The van der Waals surface area contributed by atoms with Gasteiger partial charge in [-0.3, -0.25) is 0 Å². The van der Waals surface area contributed by atoms with Crippen LogP contribution >= 0.6 is 0 Å². The summed E-state index contributed by atoms with van der Waals surface area (Å²) in [7, 11) is 0. The largest absolute Gasteiger partial charge is 0.392 e. The molecule has 9 aliphatic rings. The summed E-state index contributed by atoms with van der Waals surface area (Å²) in [6, 6.07) is 20.3. The molecule has 2 aromatic carbocycles. The molecule has 2 saturated carbocycles. The highest BCUT2D eigenvalue weighted by molar-refractivity contribution is 5.77. The summed E-state index contributed by atoms with van der Waals surface area (Å²) in [6.45, 7) is 15.0. The van der Waals surface area contributed by atoms with E-state index in [4.69, 9.17) is 0 Å². The molecule has 256 valence electrons. The first kappa shape index (κ1) is 30.0. The van der Waals surface area contributed by atoms with Crippen LogP contribution in [0.5, 0.6) is 0 Å². The molecule has 6 fully saturated rings. The molecule has 0 amide bonds. The van der Waals surface area contributed by atoms with E-state index in [0.717, 1.165) is 73.9 Å². The standard InChI is InChI=1S/C44H50N4O2/c1-3-17-47-19-15-43-35-9-5-7-11-37(35)45-26-34-32-24-40-44(16-20-48(40,18-4-2)28-30(32)14-22-50)36-10-6-8-12-38(36)46(42(34)44)25-33(41(43)45)31(23-39(43)47)29(27-47)13-21-49/h3-14,25-26,31-32,39-42,49-50H,1-2,15-24,27-28H2/q+2/b29-13?,30-14?,33-25-,34-26-/t31-,32-,39-,40-,41?,42?,43+,44+,47-,48-/m0/s1. The Kier molecular flexibility index (Phi) is 6.00. The van der Waals surface area contributed by atoms with Crippen LogP contribution in [0.15, 0.2) is 121 Å². The Labute approximate surface area is 296 Å². The number of aliphatic hydroxyl groups excluding tert-OH is 2. The third-order valence-electron chi connectivity index (χ3n) is 15.9. The maximum atomic E-state index is 10.5. The van der Waals surface area contributed by atoms with Gasteiger partial charge in [0.2, 0.25) is 0 Å². The number of nitrogens with zero attached hydrogens (tertiary/aromatic N) is 4. The number of hydrogen-bond acceptors (Lipinski definition) is 4. The van der Waals surface area contributed by atoms with Gasteiger partial charge in [0.1, 0.15) is 25.2 Å².